The van der Waals surface area contributed by atoms with Crippen LogP contribution in [-0.4, -0.2) is 41.7 Å². The smallest absolute Gasteiger partial charge is 0.326 e. The molecule has 1 amide bonds. The lowest BCUT2D eigenvalue weighted by molar-refractivity contribution is -0.139. The number of fused-ring (bicyclic) bond motifs is 1. The SMILES string of the molecule is COCCC(NC(=O)c1cc2cc(Br)ccc2[nH]1)C(=O)O. The van der Waals surface area contributed by atoms with Crippen molar-refractivity contribution in [2.24, 2.45) is 0 Å². The topological polar surface area (TPSA) is 91.4 Å². The zero-order chi connectivity index (χ0) is 15.4. The lowest BCUT2D eigenvalue weighted by Crippen LogP contribution is -2.41. The minimum absolute atomic E-state index is 0.212. The van der Waals surface area contributed by atoms with Crippen LogP contribution in [-0.2, 0) is 9.53 Å². The Kier molecular flexibility index (Phi) is 4.98. The average molecular weight is 355 g/mol. The molecule has 21 heavy (non-hydrogen) atoms. The summed E-state index contributed by atoms with van der Waals surface area (Å²) in [6.07, 6.45) is 0.212. The van der Waals surface area contributed by atoms with Crippen molar-refractivity contribution in [2.45, 2.75) is 12.5 Å². The number of aromatic nitrogens is 1. The molecule has 0 saturated carbocycles. The van der Waals surface area contributed by atoms with Crippen LogP contribution in [0.2, 0.25) is 0 Å². The summed E-state index contributed by atoms with van der Waals surface area (Å²) in [5.41, 5.74) is 1.14. The Morgan fingerprint density at radius 2 is 2.19 bits per heavy atom. The van der Waals surface area contributed by atoms with Gasteiger partial charge in [0.05, 0.1) is 0 Å². The van der Waals surface area contributed by atoms with Crippen LogP contribution in [0.4, 0.5) is 0 Å². The number of halogens is 1. The lowest BCUT2D eigenvalue weighted by atomic mass is 10.2. The van der Waals surface area contributed by atoms with E-state index in [0.717, 1.165) is 15.4 Å². The van der Waals surface area contributed by atoms with E-state index in [1.54, 1.807) is 6.07 Å². The van der Waals surface area contributed by atoms with Gasteiger partial charge in [-0.2, -0.15) is 0 Å². The first-order chi connectivity index (χ1) is 10.0. The number of methoxy groups -OCH3 is 1. The van der Waals surface area contributed by atoms with Gasteiger partial charge in [0, 0.05) is 35.5 Å². The minimum atomic E-state index is -1.08. The number of hydrogen-bond acceptors (Lipinski definition) is 3. The van der Waals surface area contributed by atoms with Gasteiger partial charge in [-0.25, -0.2) is 4.79 Å². The monoisotopic (exact) mass is 354 g/mol. The van der Waals surface area contributed by atoms with Crippen LogP contribution < -0.4 is 5.32 Å². The zero-order valence-electron chi connectivity index (χ0n) is 11.4. The highest BCUT2D eigenvalue weighted by molar-refractivity contribution is 9.10. The fourth-order valence-electron chi connectivity index (χ4n) is 1.95. The molecule has 1 unspecified atom stereocenters. The van der Waals surface area contributed by atoms with Crippen molar-refractivity contribution < 1.29 is 19.4 Å². The molecule has 0 radical (unpaired) electrons. The summed E-state index contributed by atoms with van der Waals surface area (Å²) in [5, 5.41) is 12.4. The molecule has 1 aromatic heterocycles. The summed E-state index contributed by atoms with van der Waals surface area (Å²) in [4.78, 5) is 26.2. The summed E-state index contributed by atoms with van der Waals surface area (Å²) in [6.45, 7) is 0.261. The summed E-state index contributed by atoms with van der Waals surface area (Å²) >= 11 is 3.36. The number of ether oxygens (including phenoxy) is 1. The van der Waals surface area contributed by atoms with Crippen molar-refractivity contribution in [3.05, 3.63) is 34.4 Å². The van der Waals surface area contributed by atoms with Crippen molar-refractivity contribution in [3.63, 3.8) is 0 Å². The molecule has 2 aromatic rings. The molecule has 0 spiro atoms. The predicted octanol–water partition coefficient (Wildman–Crippen LogP) is 2.15. The number of nitrogens with one attached hydrogen (secondary N) is 2. The lowest BCUT2D eigenvalue weighted by Gasteiger charge is -2.13. The molecule has 0 aliphatic carbocycles. The highest BCUT2D eigenvalue weighted by Gasteiger charge is 2.21. The number of amides is 1. The van der Waals surface area contributed by atoms with E-state index in [2.05, 4.69) is 26.2 Å². The summed E-state index contributed by atoms with van der Waals surface area (Å²) in [5.74, 6) is -1.54. The van der Waals surface area contributed by atoms with E-state index in [0.29, 0.717) is 5.69 Å². The summed E-state index contributed by atoms with van der Waals surface area (Å²) < 4.78 is 5.75. The molecule has 0 aliphatic heterocycles. The minimum Gasteiger partial charge on any atom is -0.480 e. The molecule has 0 aliphatic rings. The Hall–Kier alpha value is -1.86. The molecule has 0 fully saturated rings. The highest BCUT2D eigenvalue weighted by Crippen LogP contribution is 2.20. The molecule has 1 heterocycles. The van der Waals surface area contributed by atoms with Crippen LogP contribution in [0, 0.1) is 0 Å². The first kappa shape index (κ1) is 15.5. The van der Waals surface area contributed by atoms with E-state index >= 15 is 0 Å². The molecule has 3 N–H and O–H groups in total. The standard InChI is InChI=1S/C14H15BrN2O4/c1-21-5-4-11(14(19)20)17-13(18)12-7-8-6-9(15)2-3-10(8)16-12/h2-3,6-7,11,16H,4-5H2,1H3,(H,17,18)(H,19,20). The van der Waals surface area contributed by atoms with Gasteiger partial charge in [-0.15, -0.1) is 0 Å². The maximum Gasteiger partial charge on any atom is 0.326 e. The van der Waals surface area contributed by atoms with Gasteiger partial charge >= 0.3 is 5.97 Å². The first-order valence-electron chi connectivity index (χ1n) is 6.32. The van der Waals surface area contributed by atoms with Gasteiger partial charge in [-0.05, 0) is 24.3 Å². The quantitative estimate of drug-likeness (QED) is 0.741. The third kappa shape index (κ3) is 3.83. The van der Waals surface area contributed by atoms with Gasteiger partial charge < -0.3 is 20.1 Å². The van der Waals surface area contributed by atoms with E-state index in [1.807, 2.05) is 18.2 Å². The van der Waals surface area contributed by atoms with Gasteiger partial charge in [0.1, 0.15) is 11.7 Å². The van der Waals surface area contributed by atoms with Gasteiger partial charge in [-0.1, -0.05) is 15.9 Å². The van der Waals surface area contributed by atoms with E-state index in [-0.39, 0.29) is 13.0 Å². The molecule has 7 heteroatoms. The number of carboxylic acids is 1. The van der Waals surface area contributed by atoms with Crippen molar-refractivity contribution in [1.82, 2.24) is 10.3 Å². The van der Waals surface area contributed by atoms with Crippen LogP contribution >= 0.6 is 15.9 Å². The van der Waals surface area contributed by atoms with Crippen molar-refractivity contribution in [1.29, 1.82) is 0 Å². The second-order valence-electron chi connectivity index (χ2n) is 4.56. The fraction of sp³-hybridized carbons (Fsp3) is 0.286. The van der Waals surface area contributed by atoms with Crippen LogP contribution in [0.25, 0.3) is 10.9 Å². The third-order valence-electron chi connectivity index (χ3n) is 3.04. The largest absolute Gasteiger partial charge is 0.480 e. The number of carbonyl (C=O) groups is 2. The molecule has 0 saturated heterocycles. The molecule has 2 rings (SSSR count). The number of H-pyrrole nitrogens is 1. The van der Waals surface area contributed by atoms with Crippen molar-refractivity contribution >= 4 is 38.7 Å². The molecule has 1 atom stereocenters. The Labute approximate surface area is 129 Å². The Morgan fingerprint density at radius 1 is 1.43 bits per heavy atom. The number of carboxylic acid groups (broad SMARTS) is 1. The summed E-state index contributed by atoms with van der Waals surface area (Å²) in [7, 11) is 1.48. The van der Waals surface area contributed by atoms with Crippen LogP contribution in [0.3, 0.4) is 0 Å². The van der Waals surface area contributed by atoms with E-state index in [4.69, 9.17) is 9.84 Å². The Morgan fingerprint density at radius 3 is 2.86 bits per heavy atom. The molecule has 6 nitrogen and oxygen atoms in total. The Balaban J connectivity index is 2.15. The van der Waals surface area contributed by atoms with Crippen molar-refractivity contribution in [3.8, 4) is 0 Å². The molecular weight excluding hydrogens is 340 g/mol. The number of aromatic amines is 1. The van der Waals surface area contributed by atoms with Crippen molar-refractivity contribution in [2.75, 3.05) is 13.7 Å². The highest BCUT2D eigenvalue weighted by atomic mass is 79.9. The number of rotatable bonds is 6. The third-order valence-corrected chi connectivity index (χ3v) is 3.53. The molecule has 1 aromatic carbocycles. The maximum atomic E-state index is 12.1. The number of benzene rings is 1. The Bertz CT molecular complexity index is 668. The van der Waals surface area contributed by atoms with Crippen LogP contribution in [0.5, 0.6) is 0 Å². The normalized spacial score (nSPS) is 12.3. The second-order valence-corrected chi connectivity index (χ2v) is 5.48. The van der Waals surface area contributed by atoms with E-state index < -0.39 is 17.9 Å². The van der Waals surface area contributed by atoms with Crippen LogP contribution in [0.15, 0.2) is 28.7 Å². The number of aliphatic carboxylic acids is 1. The zero-order valence-corrected chi connectivity index (χ0v) is 12.9. The fourth-order valence-corrected chi connectivity index (χ4v) is 2.33. The molecular formula is C14H15BrN2O4. The number of hydrogen-bond donors (Lipinski definition) is 3. The molecule has 0 bridgehead atoms. The van der Waals surface area contributed by atoms with Gasteiger partial charge in [-0.3, -0.25) is 4.79 Å². The van der Waals surface area contributed by atoms with Crippen LogP contribution in [0.1, 0.15) is 16.9 Å². The first-order valence-corrected chi connectivity index (χ1v) is 7.11. The van der Waals surface area contributed by atoms with E-state index in [1.165, 1.54) is 7.11 Å². The second kappa shape index (κ2) is 6.73. The van der Waals surface area contributed by atoms with Gasteiger partial charge in [0.15, 0.2) is 0 Å². The number of carbonyl (C=O) groups excluding carboxylic acids is 1. The predicted molar refractivity (Wildman–Crippen MR) is 81.4 cm³/mol. The molecule has 112 valence electrons. The van der Waals surface area contributed by atoms with Gasteiger partial charge in [0.2, 0.25) is 0 Å². The maximum absolute atomic E-state index is 12.1. The summed E-state index contributed by atoms with van der Waals surface area (Å²) in [6, 6.07) is 6.29. The van der Waals surface area contributed by atoms with E-state index in [9.17, 15) is 9.59 Å². The van der Waals surface area contributed by atoms with Gasteiger partial charge in [0.25, 0.3) is 5.91 Å². The average Bonchev–Trinajstić information content (AvgIpc) is 2.85.